The zero-order chi connectivity index (χ0) is 22.4. The van der Waals surface area contributed by atoms with Gasteiger partial charge in [0.15, 0.2) is 5.69 Å². The monoisotopic (exact) mass is 400 g/mol. The number of H-pyrrole nitrogens is 1. The summed E-state index contributed by atoms with van der Waals surface area (Å²) in [6, 6.07) is 0. The molecule has 7 nitrogen and oxygen atoms in total. The second-order valence-electron chi connectivity index (χ2n) is 6.75. The summed E-state index contributed by atoms with van der Waals surface area (Å²) in [4.78, 5) is 17.1. The highest BCUT2D eigenvalue weighted by Crippen LogP contribution is 2.22. The highest BCUT2D eigenvalue weighted by Gasteiger charge is 2.14. The van der Waals surface area contributed by atoms with Crippen LogP contribution in [-0.2, 0) is 7.05 Å². The Morgan fingerprint density at radius 3 is 2.28 bits per heavy atom. The Labute approximate surface area is 175 Å². The molecule has 0 saturated carbocycles. The molecule has 2 rings (SSSR count). The predicted octanol–water partition coefficient (Wildman–Crippen LogP) is 3.37. The lowest BCUT2D eigenvalue weighted by Gasteiger charge is -2.09. The third-order valence-corrected chi connectivity index (χ3v) is 4.16. The van der Waals surface area contributed by atoms with E-state index in [0.717, 1.165) is 36.3 Å². The molecule has 7 heteroatoms. The SMILES string of the molecule is C#CC.C/C=C\C.Cc1c(-c2nnc(NCCCN(C)C)[nH]c2=O)cn(C)c1C. The zero-order valence-electron chi connectivity index (χ0n) is 19.1. The van der Waals surface area contributed by atoms with Crippen molar-refractivity contribution in [3.05, 3.63) is 40.0 Å². The van der Waals surface area contributed by atoms with Crippen molar-refractivity contribution in [2.75, 3.05) is 32.5 Å². The van der Waals surface area contributed by atoms with Crippen LogP contribution in [0.5, 0.6) is 0 Å². The third-order valence-electron chi connectivity index (χ3n) is 4.16. The maximum Gasteiger partial charge on any atom is 0.279 e. The maximum atomic E-state index is 12.2. The van der Waals surface area contributed by atoms with Crippen LogP contribution in [0.15, 0.2) is 23.1 Å². The molecule has 0 amide bonds. The third kappa shape index (κ3) is 9.26. The van der Waals surface area contributed by atoms with Gasteiger partial charge in [0.2, 0.25) is 5.95 Å². The average Bonchev–Trinajstić information content (AvgIpc) is 2.93. The van der Waals surface area contributed by atoms with Crippen molar-refractivity contribution in [2.45, 2.75) is 41.0 Å². The van der Waals surface area contributed by atoms with Gasteiger partial charge >= 0.3 is 0 Å². The number of allylic oxidation sites excluding steroid dienone is 2. The number of terminal acetylenes is 1. The number of anilines is 1. The van der Waals surface area contributed by atoms with Gasteiger partial charge in [-0.1, -0.05) is 12.2 Å². The smallest absolute Gasteiger partial charge is 0.279 e. The highest BCUT2D eigenvalue weighted by atomic mass is 16.1. The molecule has 0 aromatic carbocycles. The number of rotatable bonds is 6. The number of nitrogens with one attached hydrogen (secondary N) is 2. The zero-order valence-corrected chi connectivity index (χ0v) is 19.1. The molecule has 0 spiro atoms. The van der Waals surface area contributed by atoms with Gasteiger partial charge in [-0.15, -0.1) is 22.5 Å². The lowest BCUT2D eigenvalue weighted by molar-refractivity contribution is 0.405. The van der Waals surface area contributed by atoms with Crippen LogP contribution < -0.4 is 10.9 Å². The van der Waals surface area contributed by atoms with Crippen molar-refractivity contribution in [1.82, 2.24) is 24.6 Å². The van der Waals surface area contributed by atoms with Crippen LogP contribution in [-0.4, -0.2) is 51.8 Å². The molecule has 29 heavy (non-hydrogen) atoms. The summed E-state index contributed by atoms with van der Waals surface area (Å²) in [5.74, 6) is 2.66. The van der Waals surface area contributed by atoms with Crippen molar-refractivity contribution in [1.29, 1.82) is 0 Å². The first-order valence-electron chi connectivity index (χ1n) is 9.66. The summed E-state index contributed by atoms with van der Waals surface area (Å²) in [7, 11) is 6.01. The molecule has 2 aromatic heterocycles. The fourth-order valence-corrected chi connectivity index (χ4v) is 2.28. The molecular weight excluding hydrogens is 364 g/mol. The first-order valence-corrected chi connectivity index (χ1v) is 9.66. The molecule has 2 N–H and O–H groups in total. The summed E-state index contributed by atoms with van der Waals surface area (Å²) < 4.78 is 1.99. The van der Waals surface area contributed by atoms with Crippen molar-refractivity contribution in [3.8, 4) is 23.6 Å². The lowest BCUT2D eigenvalue weighted by Crippen LogP contribution is -2.20. The van der Waals surface area contributed by atoms with Gasteiger partial charge < -0.3 is 14.8 Å². The number of hydrogen-bond acceptors (Lipinski definition) is 5. The van der Waals surface area contributed by atoms with E-state index in [2.05, 4.69) is 37.7 Å². The van der Waals surface area contributed by atoms with Crippen molar-refractivity contribution in [2.24, 2.45) is 7.05 Å². The minimum absolute atomic E-state index is 0.223. The fraction of sp³-hybridized carbons (Fsp3) is 0.500. The Morgan fingerprint density at radius 2 is 1.86 bits per heavy atom. The second-order valence-corrected chi connectivity index (χ2v) is 6.75. The van der Waals surface area contributed by atoms with E-state index < -0.39 is 0 Å². The molecule has 0 aliphatic carbocycles. The van der Waals surface area contributed by atoms with E-state index in [1.807, 2.05) is 71.8 Å². The molecule has 0 aliphatic rings. The molecular formula is C22H36N6O. The summed E-state index contributed by atoms with van der Waals surface area (Å²) in [6.45, 7) is 11.4. The van der Waals surface area contributed by atoms with Gasteiger partial charge in [0.05, 0.1) is 0 Å². The molecule has 0 saturated heterocycles. The summed E-state index contributed by atoms with van der Waals surface area (Å²) >= 11 is 0. The molecule has 160 valence electrons. The van der Waals surface area contributed by atoms with Gasteiger partial charge in [-0.2, -0.15) is 0 Å². The van der Waals surface area contributed by atoms with Gasteiger partial charge in [0.25, 0.3) is 5.56 Å². The minimum Gasteiger partial charge on any atom is -0.354 e. The molecule has 0 aliphatic heterocycles. The Bertz CT molecular complexity index is 851. The van der Waals surface area contributed by atoms with Gasteiger partial charge in [-0.3, -0.25) is 9.78 Å². The van der Waals surface area contributed by atoms with Crippen LogP contribution in [0.1, 0.15) is 38.4 Å². The van der Waals surface area contributed by atoms with Crippen LogP contribution in [0.4, 0.5) is 5.95 Å². The first kappa shape index (κ1) is 26.1. The standard InChI is InChI=1S/C15H24N6O.C4H8.C3H4/c1-10-11(2)21(5)9-12(10)13-14(22)17-15(19-18-13)16-7-6-8-20(3)4;1-3-4-2;1-3-2/h9H,6-8H2,1-5H3,(H2,16,17,19,22);3-4H,1-2H3;1H,2H3/b;4-3-;. The summed E-state index contributed by atoms with van der Waals surface area (Å²) in [6.07, 6.45) is 11.5. The molecule has 0 fully saturated rings. The van der Waals surface area contributed by atoms with Crippen molar-refractivity contribution >= 4 is 5.95 Å². The van der Waals surface area contributed by atoms with Gasteiger partial charge in [0, 0.05) is 31.0 Å². The van der Waals surface area contributed by atoms with Crippen LogP contribution in [0.3, 0.4) is 0 Å². The Hall–Kier alpha value is -2.85. The first-order chi connectivity index (χ1) is 13.7. The average molecular weight is 401 g/mol. The number of nitrogens with zero attached hydrogens (tertiary/aromatic N) is 4. The maximum absolute atomic E-state index is 12.2. The molecule has 2 aromatic rings. The van der Waals surface area contributed by atoms with Gasteiger partial charge in [0.1, 0.15) is 0 Å². The summed E-state index contributed by atoms with van der Waals surface area (Å²) in [5, 5.41) is 11.3. The molecule has 0 radical (unpaired) electrons. The normalized spacial score (nSPS) is 10.1. The summed E-state index contributed by atoms with van der Waals surface area (Å²) in [5.41, 5.74) is 3.13. The van der Waals surface area contributed by atoms with Gasteiger partial charge in [-0.25, -0.2) is 0 Å². The molecule has 0 unspecified atom stereocenters. The van der Waals surface area contributed by atoms with Crippen LogP contribution in [0.25, 0.3) is 11.3 Å². The van der Waals surface area contributed by atoms with E-state index in [9.17, 15) is 4.79 Å². The molecule has 0 bridgehead atoms. The largest absolute Gasteiger partial charge is 0.354 e. The molecule has 0 atom stereocenters. The van der Waals surface area contributed by atoms with Crippen LogP contribution in [0.2, 0.25) is 0 Å². The minimum atomic E-state index is -0.223. The van der Waals surface area contributed by atoms with E-state index in [0.29, 0.717) is 11.6 Å². The Balaban J connectivity index is 0.000000975. The van der Waals surface area contributed by atoms with Crippen molar-refractivity contribution in [3.63, 3.8) is 0 Å². The number of aromatic amines is 1. The fourth-order valence-electron chi connectivity index (χ4n) is 2.28. The Kier molecular flexibility index (Phi) is 12.8. The quantitative estimate of drug-likeness (QED) is 0.442. The molecule has 2 heterocycles. The number of hydrogen-bond donors (Lipinski definition) is 2. The Morgan fingerprint density at radius 1 is 1.28 bits per heavy atom. The van der Waals surface area contributed by atoms with E-state index >= 15 is 0 Å². The van der Waals surface area contributed by atoms with E-state index in [4.69, 9.17) is 0 Å². The predicted molar refractivity (Wildman–Crippen MR) is 123 cm³/mol. The van der Waals surface area contributed by atoms with Crippen LogP contribution in [0, 0.1) is 26.2 Å². The van der Waals surface area contributed by atoms with Crippen LogP contribution >= 0.6 is 0 Å². The second kappa shape index (κ2) is 14.2. The lowest BCUT2D eigenvalue weighted by atomic mass is 10.1. The number of aryl methyl sites for hydroxylation is 1. The topological polar surface area (TPSA) is 78.8 Å². The van der Waals surface area contributed by atoms with Crippen molar-refractivity contribution < 1.29 is 0 Å². The van der Waals surface area contributed by atoms with E-state index in [-0.39, 0.29) is 5.56 Å². The number of aromatic nitrogens is 4. The van der Waals surface area contributed by atoms with E-state index in [1.165, 1.54) is 0 Å². The van der Waals surface area contributed by atoms with E-state index in [1.54, 1.807) is 6.92 Å². The highest BCUT2D eigenvalue weighted by molar-refractivity contribution is 5.63. The van der Waals surface area contributed by atoms with Gasteiger partial charge in [-0.05, 0) is 67.2 Å².